The van der Waals surface area contributed by atoms with Crippen LogP contribution in [-0.4, -0.2) is 36.1 Å². The van der Waals surface area contributed by atoms with Gasteiger partial charge < -0.3 is 5.32 Å². The molecule has 0 bridgehead atoms. The van der Waals surface area contributed by atoms with Gasteiger partial charge in [-0.3, -0.25) is 4.90 Å². The molecule has 1 N–H and O–H groups in total. The SMILES string of the molecule is CCNC1(C)CCCCN(C(C)C)C1. The molecule has 1 fully saturated rings. The topological polar surface area (TPSA) is 15.3 Å². The fourth-order valence-corrected chi connectivity index (χ4v) is 2.45. The highest BCUT2D eigenvalue weighted by Gasteiger charge is 2.28. The molecular weight excluding hydrogens is 172 g/mol. The number of hydrogen-bond acceptors (Lipinski definition) is 2. The van der Waals surface area contributed by atoms with Crippen molar-refractivity contribution in [3.63, 3.8) is 0 Å². The minimum Gasteiger partial charge on any atom is -0.311 e. The Kier molecular flexibility index (Phi) is 4.39. The smallest absolute Gasteiger partial charge is 0.0280 e. The van der Waals surface area contributed by atoms with Crippen LogP contribution in [0.1, 0.15) is 47.0 Å². The Morgan fingerprint density at radius 3 is 2.64 bits per heavy atom. The second-order valence-corrected chi connectivity index (χ2v) is 5.11. The number of nitrogens with one attached hydrogen (secondary N) is 1. The molecule has 1 atom stereocenters. The van der Waals surface area contributed by atoms with Gasteiger partial charge in [0.05, 0.1) is 0 Å². The largest absolute Gasteiger partial charge is 0.311 e. The summed E-state index contributed by atoms with van der Waals surface area (Å²) >= 11 is 0. The molecule has 0 aromatic heterocycles. The van der Waals surface area contributed by atoms with Gasteiger partial charge in [-0.15, -0.1) is 0 Å². The van der Waals surface area contributed by atoms with Gasteiger partial charge in [0.2, 0.25) is 0 Å². The Labute approximate surface area is 89.1 Å². The standard InChI is InChI=1S/C12H26N2/c1-5-13-12(4)8-6-7-9-14(10-12)11(2)3/h11,13H,5-10H2,1-4H3. The third-order valence-corrected chi connectivity index (χ3v) is 3.31. The van der Waals surface area contributed by atoms with Crippen LogP contribution in [0.4, 0.5) is 0 Å². The maximum atomic E-state index is 3.64. The number of hydrogen-bond donors (Lipinski definition) is 1. The number of nitrogens with zero attached hydrogens (tertiary/aromatic N) is 1. The Bertz CT molecular complexity index is 168. The molecule has 1 aliphatic rings. The van der Waals surface area contributed by atoms with Gasteiger partial charge in [0, 0.05) is 18.1 Å². The van der Waals surface area contributed by atoms with Crippen LogP contribution in [0.3, 0.4) is 0 Å². The molecule has 0 aromatic carbocycles. The van der Waals surface area contributed by atoms with Crippen molar-refractivity contribution in [2.45, 2.75) is 58.5 Å². The second-order valence-electron chi connectivity index (χ2n) is 5.11. The molecule has 0 saturated carbocycles. The van der Waals surface area contributed by atoms with Gasteiger partial charge in [0.15, 0.2) is 0 Å². The quantitative estimate of drug-likeness (QED) is 0.748. The summed E-state index contributed by atoms with van der Waals surface area (Å²) in [7, 11) is 0. The van der Waals surface area contributed by atoms with E-state index in [4.69, 9.17) is 0 Å². The average Bonchev–Trinajstić information content (AvgIpc) is 2.28. The van der Waals surface area contributed by atoms with E-state index in [9.17, 15) is 0 Å². The second kappa shape index (κ2) is 5.13. The minimum atomic E-state index is 0.343. The summed E-state index contributed by atoms with van der Waals surface area (Å²) < 4.78 is 0. The van der Waals surface area contributed by atoms with E-state index < -0.39 is 0 Å². The summed E-state index contributed by atoms with van der Waals surface area (Å²) in [5, 5.41) is 3.64. The molecule has 2 nitrogen and oxygen atoms in total. The maximum absolute atomic E-state index is 3.64. The molecule has 1 unspecified atom stereocenters. The molecule has 1 rings (SSSR count). The Balaban J connectivity index is 2.58. The third kappa shape index (κ3) is 3.25. The molecule has 1 aliphatic heterocycles. The third-order valence-electron chi connectivity index (χ3n) is 3.31. The fraction of sp³-hybridized carbons (Fsp3) is 1.00. The zero-order chi connectivity index (χ0) is 10.6. The number of likely N-dealkylation sites (tertiary alicyclic amines) is 1. The van der Waals surface area contributed by atoms with Crippen LogP contribution in [-0.2, 0) is 0 Å². The van der Waals surface area contributed by atoms with E-state index in [-0.39, 0.29) is 0 Å². The van der Waals surface area contributed by atoms with E-state index >= 15 is 0 Å². The van der Waals surface area contributed by atoms with E-state index in [1.165, 1.54) is 32.4 Å². The Morgan fingerprint density at radius 1 is 1.36 bits per heavy atom. The highest BCUT2D eigenvalue weighted by Crippen LogP contribution is 2.21. The van der Waals surface area contributed by atoms with Crippen molar-refractivity contribution in [2.75, 3.05) is 19.6 Å². The number of rotatable bonds is 3. The van der Waals surface area contributed by atoms with Crippen LogP contribution in [0, 0.1) is 0 Å². The van der Waals surface area contributed by atoms with E-state index in [2.05, 4.69) is 37.9 Å². The normalized spacial score (nSPS) is 30.6. The van der Waals surface area contributed by atoms with Crippen LogP contribution in [0.25, 0.3) is 0 Å². The fourth-order valence-electron chi connectivity index (χ4n) is 2.45. The van der Waals surface area contributed by atoms with Crippen molar-refractivity contribution in [2.24, 2.45) is 0 Å². The van der Waals surface area contributed by atoms with E-state index in [0.29, 0.717) is 11.6 Å². The van der Waals surface area contributed by atoms with Gasteiger partial charge in [-0.1, -0.05) is 13.3 Å². The molecule has 0 amide bonds. The van der Waals surface area contributed by atoms with Crippen molar-refractivity contribution in [3.05, 3.63) is 0 Å². The van der Waals surface area contributed by atoms with Crippen molar-refractivity contribution in [3.8, 4) is 0 Å². The van der Waals surface area contributed by atoms with E-state index in [1.54, 1.807) is 0 Å². The average molecular weight is 198 g/mol. The van der Waals surface area contributed by atoms with E-state index in [1.807, 2.05) is 0 Å². The Morgan fingerprint density at radius 2 is 2.07 bits per heavy atom. The molecule has 1 saturated heterocycles. The van der Waals surface area contributed by atoms with Crippen LogP contribution < -0.4 is 5.32 Å². The lowest BCUT2D eigenvalue weighted by atomic mass is 9.95. The molecule has 14 heavy (non-hydrogen) atoms. The zero-order valence-electron chi connectivity index (χ0n) is 10.3. The summed E-state index contributed by atoms with van der Waals surface area (Å²) in [5.74, 6) is 0. The van der Waals surface area contributed by atoms with Crippen molar-refractivity contribution < 1.29 is 0 Å². The molecule has 0 spiro atoms. The number of likely N-dealkylation sites (N-methyl/N-ethyl adjacent to an activating group) is 1. The van der Waals surface area contributed by atoms with Crippen LogP contribution in [0.2, 0.25) is 0 Å². The molecular formula is C12H26N2. The summed E-state index contributed by atoms with van der Waals surface area (Å²) in [6.07, 6.45) is 4.05. The summed E-state index contributed by atoms with van der Waals surface area (Å²) in [5.41, 5.74) is 0.343. The van der Waals surface area contributed by atoms with Gasteiger partial charge >= 0.3 is 0 Å². The monoisotopic (exact) mass is 198 g/mol. The predicted octanol–water partition coefficient (Wildman–Crippen LogP) is 2.25. The van der Waals surface area contributed by atoms with Crippen molar-refractivity contribution >= 4 is 0 Å². The molecule has 2 heteroatoms. The molecule has 84 valence electrons. The lowest BCUT2D eigenvalue weighted by Gasteiger charge is -2.35. The first-order valence-corrected chi connectivity index (χ1v) is 6.06. The maximum Gasteiger partial charge on any atom is 0.0280 e. The van der Waals surface area contributed by atoms with E-state index in [0.717, 1.165) is 6.54 Å². The Hall–Kier alpha value is -0.0800. The van der Waals surface area contributed by atoms with Gasteiger partial charge in [-0.25, -0.2) is 0 Å². The first-order valence-electron chi connectivity index (χ1n) is 6.06. The van der Waals surface area contributed by atoms with Crippen LogP contribution in [0.15, 0.2) is 0 Å². The molecule has 0 aliphatic carbocycles. The first kappa shape index (κ1) is 12.0. The highest BCUT2D eigenvalue weighted by molar-refractivity contribution is 4.89. The van der Waals surface area contributed by atoms with Crippen molar-refractivity contribution in [1.29, 1.82) is 0 Å². The molecule has 0 radical (unpaired) electrons. The van der Waals surface area contributed by atoms with Crippen LogP contribution in [0.5, 0.6) is 0 Å². The molecule has 1 heterocycles. The summed E-state index contributed by atoms with van der Waals surface area (Å²) in [6, 6.07) is 0.686. The predicted molar refractivity (Wildman–Crippen MR) is 62.6 cm³/mol. The highest BCUT2D eigenvalue weighted by atomic mass is 15.2. The van der Waals surface area contributed by atoms with Crippen LogP contribution >= 0.6 is 0 Å². The van der Waals surface area contributed by atoms with Gasteiger partial charge in [-0.05, 0) is 46.7 Å². The van der Waals surface area contributed by atoms with Gasteiger partial charge in [0.1, 0.15) is 0 Å². The molecule has 0 aromatic rings. The minimum absolute atomic E-state index is 0.343. The summed E-state index contributed by atoms with van der Waals surface area (Å²) in [4.78, 5) is 2.61. The zero-order valence-corrected chi connectivity index (χ0v) is 10.3. The van der Waals surface area contributed by atoms with Crippen molar-refractivity contribution in [1.82, 2.24) is 10.2 Å². The lowest BCUT2D eigenvalue weighted by molar-refractivity contribution is 0.173. The summed E-state index contributed by atoms with van der Waals surface area (Å²) in [6.45, 7) is 12.8. The van der Waals surface area contributed by atoms with Gasteiger partial charge in [-0.2, -0.15) is 0 Å². The van der Waals surface area contributed by atoms with Gasteiger partial charge in [0.25, 0.3) is 0 Å². The first-order chi connectivity index (χ1) is 6.57. The lowest BCUT2D eigenvalue weighted by Crippen LogP contribution is -2.51.